The molecule has 0 spiro atoms. The zero-order chi connectivity index (χ0) is 33.6. The number of hydrogen-bond acceptors (Lipinski definition) is 6. The van der Waals surface area contributed by atoms with Crippen LogP contribution in [0, 0.1) is 0 Å². The van der Waals surface area contributed by atoms with Crippen molar-refractivity contribution >= 4 is 11.8 Å². The predicted octanol–water partition coefficient (Wildman–Crippen LogP) is 5.99. The number of benzene rings is 4. The first-order valence-corrected chi connectivity index (χ1v) is 16.3. The van der Waals surface area contributed by atoms with Gasteiger partial charge in [0, 0.05) is 6.42 Å². The fraction of sp³-hybridized carbons (Fsp3) is 0.300. The molecule has 0 bridgehead atoms. The minimum absolute atomic E-state index is 0.0779. The molecule has 5 rings (SSSR count). The number of hydrogen-bond donors (Lipinski definition) is 1. The summed E-state index contributed by atoms with van der Waals surface area (Å²) < 4.78 is 26.3. The number of nitrogens with two attached hydrogens (primary N) is 1. The third-order valence-electron chi connectivity index (χ3n) is 8.39. The standard InChI is InChI=1S/C40H44N2O6/c1-2-3-24-35(43)42-34(29-45-25-30-16-8-4-9-17-30)37(46-26-31-18-10-5-11-19-31)39(48-28-33-22-14-7-15-23-33)38(36(42)40(41)44)47-27-32-20-12-6-13-21-32/h2,4-23,34,36-39H,1,3,24-29H2,(H2,41,44)/t34-,36+,37-,38+,39+/m1/s1. The first-order chi connectivity index (χ1) is 23.5. The van der Waals surface area contributed by atoms with Crippen LogP contribution in [0.25, 0.3) is 0 Å². The summed E-state index contributed by atoms with van der Waals surface area (Å²) in [5.74, 6) is -0.960. The summed E-state index contributed by atoms with van der Waals surface area (Å²) in [5.41, 5.74) is 9.95. The second kappa shape index (κ2) is 18.1. The Morgan fingerprint density at radius 2 is 1.04 bits per heavy atom. The summed E-state index contributed by atoms with van der Waals surface area (Å²) in [6, 6.07) is 37.1. The maximum atomic E-state index is 14.1. The molecule has 0 unspecified atom stereocenters. The van der Waals surface area contributed by atoms with Crippen LogP contribution >= 0.6 is 0 Å². The molecule has 5 atom stereocenters. The van der Waals surface area contributed by atoms with E-state index in [4.69, 9.17) is 24.7 Å². The van der Waals surface area contributed by atoms with Gasteiger partial charge in [-0.3, -0.25) is 9.59 Å². The monoisotopic (exact) mass is 648 g/mol. The number of piperidine rings is 1. The van der Waals surface area contributed by atoms with E-state index in [1.165, 1.54) is 4.90 Å². The molecule has 4 aromatic carbocycles. The molecule has 8 nitrogen and oxygen atoms in total. The highest BCUT2D eigenvalue weighted by atomic mass is 16.6. The number of ether oxygens (including phenoxy) is 4. The molecule has 8 heteroatoms. The summed E-state index contributed by atoms with van der Waals surface area (Å²) in [4.78, 5) is 29.1. The van der Waals surface area contributed by atoms with E-state index in [0.717, 1.165) is 22.3 Å². The average Bonchev–Trinajstić information content (AvgIpc) is 3.13. The second-order valence-electron chi connectivity index (χ2n) is 11.8. The number of nitrogens with zero attached hydrogens (tertiary/aromatic N) is 1. The Bertz CT molecular complexity index is 1550. The van der Waals surface area contributed by atoms with E-state index in [-0.39, 0.29) is 38.8 Å². The number of likely N-dealkylation sites (tertiary alicyclic amines) is 1. The van der Waals surface area contributed by atoms with Crippen LogP contribution in [-0.2, 0) is 55.0 Å². The summed E-state index contributed by atoms with van der Waals surface area (Å²) in [7, 11) is 0. The third kappa shape index (κ3) is 9.49. The van der Waals surface area contributed by atoms with E-state index in [1.807, 2.05) is 121 Å². The first-order valence-electron chi connectivity index (χ1n) is 16.3. The van der Waals surface area contributed by atoms with Crippen LogP contribution in [0.3, 0.4) is 0 Å². The quantitative estimate of drug-likeness (QED) is 0.141. The molecule has 0 saturated carbocycles. The molecule has 1 fully saturated rings. The van der Waals surface area contributed by atoms with Crippen LogP contribution in [0.4, 0.5) is 0 Å². The van der Waals surface area contributed by atoms with Crippen LogP contribution in [0.5, 0.6) is 0 Å². The molecule has 1 aliphatic rings. The van der Waals surface area contributed by atoms with Crippen LogP contribution in [0.2, 0.25) is 0 Å². The number of carbonyl (C=O) groups is 2. The Morgan fingerprint density at radius 3 is 1.48 bits per heavy atom. The van der Waals surface area contributed by atoms with Crippen LogP contribution in [0.1, 0.15) is 35.1 Å². The lowest BCUT2D eigenvalue weighted by Crippen LogP contribution is -2.72. The van der Waals surface area contributed by atoms with Crippen molar-refractivity contribution in [2.24, 2.45) is 5.73 Å². The fourth-order valence-electron chi connectivity index (χ4n) is 6.03. The zero-order valence-electron chi connectivity index (χ0n) is 27.1. The Morgan fingerprint density at radius 1 is 0.625 bits per heavy atom. The molecule has 1 saturated heterocycles. The number of amides is 2. The molecular formula is C40H44N2O6. The maximum Gasteiger partial charge on any atom is 0.243 e. The van der Waals surface area contributed by atoms with Gasteiger partial charge in [-0.2, -0.15) is 0 Å². The van der Waals surface area contributed by atoms with Crippen LogP contribution in [0.15, 0.2) is 134 Å². The molecule has 2 amide bonds. The molecule has 2 N–H and O–H groups in total. The Labute approximate surface area is 283 Å². The minimum Gasteiger partial charge on any atom is -0.375 e. The lowest BCUT2D eigenvalue weighted by Gasteiger charge is -2.51. The average molecular weight is 649 g/mol. The Hall–Kier alpha value is -4.60. The molecule has 1 heterocycles. The van der Waals surface area contributed by atoms with Crippen molar-refractivity contribution in [3.63, 3.8) is 0 Å². The van der Waals surface area contributed by atoms with E-state index in [1.54, 1.807) is 6.08 Å². The van der Waals surface area contributed by atoms with Crippen molar-refractivity contribution in [3.8, 4) is 0 Å². The highest BCUT2D eigenvalue weighted by Crippen LogP contribution is 2.34. The van der Waals surface area contributed by atoms with Gasteiger partial charge in [0.25, 0.3) is 0 Å². The van der Waals surface area contributed by atoms with Crippen LogP contribution < -0.4 is 5.73 Å². The SMILES string of the molecule is C=CCCC(=O)N1[C@H](COCc2ccccc2)[C@@H](OCc2ccccc2)[C@H](OCc2ccccc2)[C@@H](OCc2ccccc2)[C@H]1C(N)=O. The summed E-state index contributed by atoms with van der Waals surface area (Å²) in [6.07, 6.45) is -0.227. The van der Waals surface area contributed by atoms with Gasteiger partial charge in [-0.15, -0.1) is 6.58 Å². The van der Waals surface area contributed by atoms with E-state index in [0.29, 0.717) is 13.0 Å². The van der Waals surface area contributed by atoms with Crippen molar-refractivity contribution in [3.05, 3.63) is 156 Å². The number of carbonyl (C=O) groups excluding carboxylic acids is 2. The Kier molecular flexibility index (Phi) is 13.1. The molecule has 48 heavy (non-hydrogen) atoms. The number of allylic oxidation sites excluding steroid dienone is 1. The topological polar surface area (TPSA) is 100 Å². The molecule has 0 aromatic heterocycles. The van der Waals surface area contributed by atoms with E-state index < -0.39 is 36.3 Å². The normalized spacial score (nSPS) is 20.7. The summed E-state index contributed by atoms with van der Waals surface area (Å²) >= 11 is 0. The van der Waals surface area contributed by atoms with Crippen molar-refractivity contribution in [2.75, 3.05) is 6.61 Å². The van der Waals surface area contributed by atoms with Gasteiger partial charge in [-0.05, 0) is 28.7 Å². The number of rotatable bonds is 17. The molecule has 4 aromatic rings. The van der Waals surface area contributed by atoms with Gasteiger partial charge in [-0.25, -0.2) is 0 Å². The lowest BCUT2D eigenvalue weighted by atomic mass is 9.86. The van der Waals surface area contributed by atoms with E-state index in [2.05, 4.69) is 6.58 Å². The lowest BCUT2D eigenvalue weighted by molar-refractivity contribution is -0.227. The fourth-order valence-corrected chi connectivity index (χ4v) is 6.03. The largest absolute Gasteiger partial charge is 0.375 e. The van der Waals surface area contributed by atoms with Gasteiger partial charge in [0.05, 0.1) is 39.1 Å². The molecular weight excluding hydrogens is 604 g/mol. The second-order valence-corrected chi connectivity index (χ2v) is 11.8. The van der Waals surface area contributed by atoms with Crippen molar-refractivity contribution < 1.29 is 28.5 Å². The van der Waals surface area contributed by atoms with E-state index in [9.17, 15) is 9.59 Å². The van der Waals surface area contributed by atoms with Gasteiger partial charge in [-0.1, -0.05) is 127 Å². The molecule has 1 aliphatic heterocycles. The van der Waals surface area contributed by atoms with Gasteiger partial charge in [0.15, 0.2) is 0 Å². The molecule has 0 aliphatic carbocycles. The number of primary amides is 1. The zero-order valence-corrected chi connectivity index (χ0v) is 27.1. The van der Waals surface area contributed by atoms with Gasteiger partial charge >= 0.3 is 0 Å². The van der Waals surface area contributed by atoms with Gasteiger partial charge in [0.2, 0.25) is 11.8 Å². The third-order valence-corrected chi connectivity index (χ3v) is 8.39. The highest BCUT2D eigenvalue weighted by molar-refractivity contribution is 5.88. The van der Waals surface area contributed by atoms with Crippen molar-refractivity contribution in [1.82, 2.24) is 4.90 Å². The van der Waals surface area contributed by atoms with Crippen molar-refractivity contribution in [1.29, 1.82) is 0 Å². The van der Waals surface area contributed by atoms with Gasteiger partial charge in [0.1, 0.15) is 24.4 Å². The smallest absolute Gasteiger partial charge is 0.243 e. The summed E-state index contributed by atoms with van der Waals surface area (Å²) in [6.45, 7) is 4.84. The molecule has 0 radical (unpaired) electrons. The van der Waals surface area contributed by atoms with Gasteiger partial charge < -0.3 is 29.6 Å². The Balaban J connectivity index is 1.55. The van der Waals surface area contributed by atoms with Crippen molar-refractivity contribution in [2.45, 2.75) is 69.7 Å². The first kappa shape index (κ1) is 34.7. The summed E-state index contributed by atoms with van der Waals surface area (Å²) in [5, 5.41) is 0. The minimum atomic E-state index is -1.14. The van der Waals surface area contributed by atoms with Crippen LogP contribution in [-0.4, -0.2) is 53.7 Å². The van der Waals surface area contributed by atoms with E-state index >= 15 is 0 Å². The molecule has 250 valence electrons. The maximum absolute atomic E-state index is 14.1. The highest BCUT2D eigenvalue weighted by Gasteiger charge is 2.55. The predicted molar refractivity (Wildman–Crippen MR) is 184 cm³/mol.